The van der Waals surface area contributed by atoms with Crippen molar-refractivity contribution in [1.82, 2.24) is 15.1 Å². The van der Waals surface area contributed by atoms with Gasteiger partial charge >= 0.3 is 0 Å². The third kappa shape index (κ3) is 3.84. The first-order chi connectivity index (χ1) is 9.97. The number of hydrogen-bond donors (Lipinski definition) is 2. The summed E-state index contributed by atoms with van der Waals surface area (Å²) in [4.78, 5) is 12.1. The van der Waals surface area contributed by atoms with Crippen molar-refractivity contribution in [3.05, 3.63) is 46.8 Å². The van der Waals surface area contributed by atoms with Crippen LogP contribution in [0.5, 0.6) is 0 Å². The molecule has 1 amide bonds. The van der Waals surface area contributed by atoms with E-state index in [1.54, 1.807) is 12.1 Å². The average Bonchev–Trinajstić information content (AvgIpc) is 2.75. The van der Waals surface area contributed by atoms with E-state index in [4.69, 9.17) is 5.73 Å². The van der Waals surface area contributed by atoms with Crippen LogP contribution in [0.2, 0.25) is 0 Å². The summed E-state index contributed by atoms with van der Waals surface area (Å²) in [5.41, 5.74) is 10.1. The van der Waals surface area contributed by atoms with Crippen LogP contribution < -0.4 is 11.1 Å². The lowest BCUT2D eigenvalue weighted by Crippen LogP contribution is -2.26. The maximum absolute atomic E-state index is 12.1. The zero-order chi connectivity index (χ0) is 15.4. The molecular weight excluding hydrogens is 264 g/mol. The Morgan fingerprint density at radius 2 is 2.05 bits per heavy atom. The molecule has 0 aliphatic heterocycles. The number of nitrogen functional groups attached to an aromatic ring is 1. The van der Waals surface area contributed by atoms with E-state index in [1.807, 2.05) is 31.5 Å². The molecule has 5 nitrogen and oxygen atoms in total. The predicted octanol–water partition coefficient (Wildman–Crippen LogP) is 2.21. The van der Waals surface area contributed by atoms with Crippen molar-refractivity contribution in [2.45, 2.75) is 33.7 Å². The normalized spacial score (nSPS) is 10.6. The number of rotatable bonds is 5. The maximum Gasteiger partial charge on any atom is 0.251 e. The van der Waals surface area contributed by atoms with Gasteiger partial charge in [0.2, 0.25) is 0 Å². The summed E-state index contributed by atoms with van der Waals surface area (Å²) >= 11 is 0. The van der Waals surface area contributed by atoms with Crippen molar-refractivity contribution in [2.24, 2.45) is 0 Å². The maximum atomic E-state index is 12.1. The number of anilines is 1. The van der Waals surface area contributed by atoms with E-state index in [2.05, 4.69) is 16.5 Å². The smallest absolute Gasteiger partial charge is 0.251 e. The van der Waals surface area contributed by atoms with Crippen LogP contribution in [-0.4, -0.2) is 22.2 Å². The Morgan fingerprint density at radius 1 is 1.29 bits per heavy atom. The minimum Gasteiger partial charge on any atom is -0.399 e. The molecule has 2 aromatic rings. The highest BCUT2D eigenvalue weighted by Gasteiger charge is 2.08. The van der Waals surface area contributed by atoms with Gasteiger partial charge in [-0.1, -0.05) is 6.07 Å². The second-order valence-corrected chi connectivity index (χ2v) is 5.33. The standard InChI is InChI=1S/C16H22N4O/c1-11-5-6-14(17)10-15(11)16(21)18-7-4-8-20-13(3)9-12(2)19-20/h5-6,9-10H,4,7-8,17H2,1-3H3,(H,18,21). The molecule has 0 aliphatic rings. The molecular formula is C16H22N4O. The fraction of sp³-hybridized carbons (Fsp3) is 0.375. The topological polar surface area (TPSA) is 72.9 Å². The van der Waals surface area contributed by atoms with Gasteiger partial charge in [0, 0.05) is 30.0 Å². The minimum absolute atomic E-state index is 0.0758. The molecule has 3 N–H and O–H groups in total. The predicted molar refractivity (Wildman–Crippen MR) is 84.2 cm³/mol. The largest absolute Gasteiger partial charge is 0.399 e. The molecule has 5 heteroatoms. The molecule has 112 valence electrons. The first-order valence-electron chi connectivity index (χ1n) is 7.13. The summed E-state index contributed by atoms with van der Waals surface area (Å²) in [6, 6.07) is 7.43. The highest BCUT2D eigenvalue weighted by Crippen LogP contribution is 2.12. The van der Waals surface area contributed by atoms with Crippen molar-refractivity contribution in [3.8, 4) is 0 Å². The van der Waals surface area contributed by atoms with E-state index in [9.17, 15) is 4.79 Å². The van der Waals surface area contributed by atoms with Crippen LogP contribution in [0.15, 0.2) is 24.3 Å². The number of nitrogens with two attached hydrogens (primary N) is 1. The van der Waals surface area contributed by atoms with Crippen molar-refractivity contribution < 1.29 is 4.79 Å². The van der Waals surface area contributed by atoms with Crippen LogP contribution in [-0.2, 0) is 6.54 Å². The molecule has 0 bridgehead atoms. The molecule has 1 heterocycles. The van der Waals surface area contributed by atoms with Gasteiger partial charge in [0.05, 0.1) is 5.69 Å². The van der Waals surface area contributed by atoms with Crippen LogP contribution in [0.1, 0.15) is 33.7 Å². The fourth-order valence-corrected chi connectivity index (χ4v) is 2.31. The molecule has 1 aromatic heterocycles. The molecule has 21 heavy (non-hydrogen) atoms. The van der Waals surface area contributed by atoms with Gasteiger partial charge in [0.1, 0.15) is 0 Å². The summed E-state index contributed by atoms with van der Waals surface area (Å²) in [7, 11) is 0. The monoisotopic (exact) mass is 286 g/mol. The zero-order valence-electron chi connectivity index (χ0n) is 12.8. The van der Waals surface area contributed by atoms with Crippen LogP contribution >= 0.6 is 0 Å². The zero-order valence-corrected chi connectivity index (χ0v) is 12.8. The molecule has 0 fully saturated rings. The SMILES string of the molecule is Cc1cc(C)n(CCCNC(=O)c2cc(N)ccc2C)n1. The lowest BCUT2D eigenvalue weighted by atomic mass is 10.1. The lowest BCUT2D eigenvalue weighted by Gasteiger charge is -2.09. The number of amides is 1. The first-order valence-corrected chi connectivity index (χ1v) is 7.13. The number of aryl methyl sites for hydroxylation is 4. The summed E-state index contributed by atoms with van der Waals surface area (Å²) in [5, 5.41) is 7.33. The van der Waals surface area contributed by atoms with Gasteiger partial charge in [0.25, 0.3) is 5.91 Å². The number of nitrogens with zero attached hydrogens (tertiary/aromatic N) is 2. The van der Waals surface area contributed by atoms with E-state index >= 15 is 0 Å². The second kappa shape index (κ2) is 6.43. The van der Waals surface area contributed by atoms with Gasteiger partial charge < -0.3 is 11.1 Å². The van der Waals surface area contributed by atoms with Gasteiger partial charge in [-0.3, -0.25) is 9.48 Å². The minimum atomic E-state index is -0.0758. The fourth-order valence-electron chi connectivity index (χ4n) is 2.31. The highest BCUT2D eigenvalue weighted by molar-refractivity contribution is 5.96. The molecule has 1 aromatic carbocycles. The molecule has 0 unspecified atom stereocenters. The van der Waals surface area contributed by atoms with Crippen molar-refractivity contribution in [3.63, 3.8) is 0 Å². The summed E-state index contributed by atoms with van der Waals surface area (Å²) in [6.07, 6.45) is 0.842. The molecule has 2 rings (SSSR count). The molecule has 0 atom stereocenters. The lowest BCUT2D eigenvalue weighted by molar-refractivity contribution is 0.0952. The van der Waals surface area contributed by atoms with E-state index in [-0.39, 0.29) is 5.91 Å². The van der Waals surface area contributed by atoms with Crippen LogP contribution in [0.25, 0.3) is 0 Å². The Kier molecular flexibility index (Phi) is 4.62. The highest BCUT2D eigenvalue weighted by atomic mass is 16.1. The van der Waals surface area contributed by atoms with E-state index in [0.29, 0.717) is 17.8 Å². The molecule has 0 spiro atoms. The molecule has 0 radical (unpaired) electrons. The van der Waals surface area contributed by atoms with E-state index in [1.165, 1.54) is 0 Å². The Balaban J connectivity index is 1.84. The van der Waals surface area contributed by atoms with Crippen LogP contribution in [0, 0.1) is 20.8 Å². The Labute approximate surface area is 125 Å². The van der Waals surface area contributed by atoms with Gasteiger partial charge in [0.15, 0.2) is 0 Å². The number of hydrogen-bond acceptors (Lipinski definition) is 3. The average molecular weight is 286 g/mol. The molecule has 0 aliphatic carbocycles. The quantitative estimate of drug-likeness (QED) is 0.654. The third-order valence-electron chi connectivity index (χ3n) is 3.44. The van der Waals surface area contributed by atoms with Gasteiger partial charge in [-0.15, -0.1) is 0 Å². The van der Waals surface area contributed by atoms with Crippen LogP contribution in [0.3, 0.4) is 0 Å². The summed E-state index contributed by atoms with van der Waals surface area (Å²) in [5.74, 6) is -0.0758. The molecule has 0 saturated heterocycles. The number of benzene rings is 1. The number of carbonyl (C=O) groups excluding carboxylic acids is 1. The Morgan fingerprint density at radius 3 is 2.71 bits per heavy atom. The van der Waals surface area contributed by atoms with Gasteiger partial charge in [-0.2, -0.15) is 5.10 Å². The van der Waals surface area contributed by atoms with Crippen LogP contribution in [0.4, 0.5) is 5.69 Å². The van der Waals surface area contributed by atoms with Crippen molar-refractivity contribution in [1.29, 1.82) is 0 Å². The Hall–Kier alpha value is -2.30. The second-order valence-electron chi connectivity index (χ2n) is 5.33. The number of carbonyl (C=O) groups is 1. The summed E-state index contributed by atoms with van der Waals surface area (Å²) in [6.45, 7) is 7.34. The third-order valence-corrected chi connectivity index (χ3v) is 3.44. The summed E-state index contributed by atoms with van der Waals surface area (Å²) < 4.78 is 1.97. The van der Waals surface area contributed by atoms with E-state index < -0.39 is 0 Å². The number of nitrogens with one attached hydrogen (secondary N) is 1. The number of aromatic nitrogens is 2. The van der Waals surface area contributed by atoms with Crippen molar-refractivity contribution >= 4 is 11.6 Å². The van der Waals surface area contributed by atoms with Gasteiger partial charge in [-0.05, 0) is 51.0 Å². The molecule has 0 saturated carbocycles. The Bertz CT molecular complexity index is 646. The van der Waals surface area contributed by atoms with Crippen molar-refractivity contribution in [2.75, 3.05) is 12.3 Å². The van der Waals surface area contributed by atoms with Gasteiger partial charge in [-0.25, -0.2) is 0 Å². The van der Waals surface area contributed by atoms with E-state index in [0.717, 1.165) is 29.9 Å². The first kappa shape index (κ1) is 15.1.